The molecule has 7 heteroatoms. The van der Waals surface area contributed by atoms with Gasteiger partial charge in [-0.15, -0.1) is 0 Å². The molecule has 0 aromatic heterocycles. The summed E-state index contributed by atoms with van der Waals surface area (Å²) in [6.45, 7) is 10.5. The summed E-state index contributed by atoms with van der Waals surface area (Å²) in [5.41, 5.74) is 0.917. The minimum Gasteiger partial charge on any atom is -0.393 e. The van der Waals surface area contributed by atoms with Gasteiger partial charge < -0.3 is 29.8 Å². The van der Waals surface area contributed by atoms with Gasteiger partial charge in [0.05, 0.1) is 11.8 Å². The average molecular weight is 344 g/mol. The first-order valence-electron chi connectivity index (χ1n) is 8.56. The van der Waals surface area contributed by atoms with E-state index in [9.17, 15) is 10.2 Å². The van der Waals surface area contributed by atoms with Crippen LogP contribution in [0.3, 0.4) is 0 Å². The van der Waals surface area contributed by atoms with E-state index in [2.05, 4.69) is 38.2 Å². The smallest absolute Gasteiger partial charge is 0.184 e. The zero-order valence-corrected chi connectivity index (χ0v) is 15.6. The minimum absolute atomic E-state index is 0.0371. The fourth-order valence-corrected chi connectivity index (χ4v) is 3.81. The standard InChI is InChI=1S/C17H32N2O5/c1-10-13(20)12(24-15(22-6)14(10)21)9-23-18-11-7-16(2,3)19-17(4,5)8-11/h10,12-15,19-21H,7-9H2,1-6H3. The maximum absolute atomic E-state index is 10.2. The summed E-state index contributed by atoms with van der Waals surface area (Å²) in [6, 6.07) is 0. The maximum atomic E-state index is 10.2. The van der Waals surface area contributed by atoms with Crippen molar-refractivity contribution in [3.8, 4) is 0 Å². The summed E-state index contributed by atoms with van der Waals surface area (Å²) >= 11 is 0. The molecule has 140 valence electrons. The molecule has 0 saturated carbocycles. The second-order valence-electron chi connectivity index (χ2n) is 8.32. The predicted molar refractivity (Wildman–Crippen MR) is 90.8 cm³/mol. The predicted octanol–water partition coefficient (Wildman–Crippen LogP) is 1.03. The van der Waals surface area contributed by atoms with Crippen LogP contribution in [-0.4, -0.2) is 65.3 Å². The Kier molecular flexibility index (Phi) is 5.92. The summed E-state index contributed by atoms with van der Waals surface area (Å²) in [5, 5.41) is 28.1. The van der Waals surface area contributed by atoms with Crippen LogP contribution in [0.4, 0.5) is 0 Å². The highest BCUT2D eigenvalue weighted by atomic mass is 16.7. The lowest BCUT2D eigenvalue weighted by atomic mass is 9.81. The summed E-state index contributed by atoms with van der Waals surface area (Å²) in [4.78, 5) is 5.48. The van der Waals surface area contributed by atoms with Crippen LogP contribution in [0, 0.1) is 5.92 Å². The van der Waals surface area contributed by atoms with Crippen molar-refractivity contribution in [3.63, 3.8) is 0 Å². The van der Waals surface area contributed by atoms with Crippen molar-refractivity contribution in [2.45, 2.75) is 83.1 Å². The lowest BCUT2D eigenvalue weighted by Gasteiger charge is -2.43. The number of hydrogen-bond donors (Lipinski definition) is 3. The number of aliphatic hydroxyl groups is 2. The molecule has 2 rings (SSSR count). The number of methoxy groups -OCH3 is 1. The Morgan fingerprint density at radius 2 is 1.75 bits per heavy atom. The number of hydrogen-bond acceptors (Lipinski definition) is 7. The van der Waals surface area contributed by atoms with Crippen LogP contribution >= 0.6 is 0 Å². The highest BCUT2D eigenvalue weighted by Crippen LogP contribution is 2.28. The molecule has 5 atom stereocenters. The molecule has 0 amide bonds. The largest absolute Gasteiger partial charge is 0.393 e. The molecule has 0 radical (unpaired) electrons. The van der Waals surface area contributed by atoms with Crippen LogP contribution in [0.15, 0.2) is 5.16 Å². The summed E-state index contributed by atoms with van der Waals surface area (Å²) < 4.78 is 10.7. The van der Waals surface area contributed by atoms with Gasteiger partial charge in [-0.3, -0.25) is 0 Å². The fraction of sp³-hybridized carbons (Fsp3) is 0.941. The van der Waals surface area contributed by atoms with Gasteiger partial charge in [0.25, 0.3) is 0 Å². The Morgan fingerprint density at radius 1 is 1.17 bits per heavy atom. The lowest BCUT2D eigenvalue weighted by molar-refractivity contribution is -0.282. The molecule has 24 heavy (non-hydrogen) atoms. The molecule has 0 aromatic carbocycles. The van der Waals surface area contributed by atoms with Crippen LogP contribution in [0.25, 0.3) is 0 Å². The van der Waals surface area contributed by atoms with Crippen LogP contribution < -0.4 is 5.32 Å². The molecular weight excluding hydrogens is 312 g/mol. The number of ether oxygens (including phenoxy) is 2. The monoisotopic (exact) mass is 344 g/mol. The van der Waals surface area contributed by atoms with E-state index < -0.39 is 24.6 Å². The average Bonchev–Trinajstić information content (AvgIpc) is 2.44. The molecule has 5 unspecified atom stereocenters. The van der Waals surface area contributed by atoms with E-state index in [4.69, 9.17) is 14.3 Å². The quantitative estimate of drug-likeness (QED) is 0.660. The summed E-state index contributed by atoms with van der Waals surface area (Å²) in [6.07, 6.45) is -1.42. The summed E-state index contributed by atoms with van der Waals surface area (Å²) in [7, 11) is 1.47. The molecular formula is C17H32N2O5. The normalized spacial score (nSPS) is 38.7. The van der Waals surface area contributed by atoms with Crippen LogP contribution in [0.1, 0.15) is 47.5 Å². The van der Waals surface area contributed by atoms with Gasteiger partial charge in [-0.05, 0) is 27.7 Å². The first-order chi connectivity index (χ1) is 11.0. The molecule has 0 spiro atoms. The van der Waals surface area contributed by atoms with E-state index in [1.54, 1.807) is 6.92 Å². The fourth-order valence-electron chi connectivity index (χ4n) is 3.81. The Bertz CT molecular complexity index is 446. The van der Waals surface area contributed by atoms with Crippen molar-refractivity contribution in [1.29, 1.82) is 0 Å². The van der Waals surface area contributed by atoms with Gasteiger partial charge in [-0.25, -0.2) is 0 Å². The molecule has 2 heterocycles. The van der Waals surface area contributed by atoms with E-state index >= 15 is 0 Å². The number of piperidine rings is 1. The van der Waals surface area contributed by atoms with E-state index in [1.165, 1.54) is 7.11 Å². The third kappa shape index (κ3) is 4.67. The second kappa shape index (κ2) is 7.25. The molecule has 0 aromatic rings. The van der Waals surface area contributed by atoms with Gasteiger partial charge >= 0.3 is 0 Å². The zero-order chi connectivity index (χ0) is 18.1. The highest BCUT2D eigenvalue weighted by Gasteiger charge is 2.43. The second-order valence-corrected chi connectivity index (χ2v) is 8.32. The Labute approximate surface area is 144 Å². The van der Waals surface area contributed by atoms with Gasteiger partial charge in [-0.1, -0.05) is 12.1 Å². The lowest BCUT2D eigenvalue weighted by Crippen LogP contribution is -2.58. The van der Waals surface area contributed by atoms with Crippen molar-refractivity contribution >= 4 is 5.71 Å². The number of aliphatic hydroxyl groups excluding tert-OH is 2. The molecule has 0 aliphatic carbocycles. The minimum atomic E-state index is -0.862. The molecule has 3 N–H and O–H groups in total. The third-order valence-electron chi connectivity index (χ3n) is 4.68. The van der Waals surface area contributed by atoms with E-state index in [1.807, 2.05) is 0 Å². The van der Waals surface area contributed by atoms with E-state index in [-0.39, 0.29) is 23.6 Å². The van der Waals surface area contributed by atoms with Gasteiger partial charge in [0.1, 0.15) is 18.8 Å². The Hall–Kier alpha value is -0.730. The van der Waals surface area contributed by atoms with Gasteiger partial charge in [0.15, 0.2) is 6.29 Å². The maximum Gasteiger partial charge on any atom is 0.184 e. The highest BCUT2D eigenvalue weighted by molar-refractivity contribution is 5.87. The van der Waals surface area contributed by atoms with Crippen molar-refractivity contribution in [2.75, 3.05) is 13.7 Å². The van der Waals surface area contributed by atoms with Gasteiger partial charge in [-0.2, -0.15) is 0 Å². The van der Waals surface area contributed by atoms with Crippen molar-refractivity contribution in [3.05, 3.63) is 0 Å². The zero-order valence-electron chi connectivity index (χ0n) is 15.6. The number of rotatable bonds is 4. The Balaban J connectivity index is 1.95. The van der Waals surface area contributed by atoms with Crippen molar-refractivity contribution in [1.82, 2.24) is 5.32 Å². The third-order valence-corrected chi connectivity index (χ3v) is 4.68. The molecule has 2 aliphatic heterocycles. The molecule has 2 fully saturated rings. The first-order valence-corrected chi connectivity index (χ1v) is 8.56. The van der Waals surface area contributed by atoms with Crippen molar-refractivity contribution in [2.24, 2.45) is 11.1 Å². The molecule has 2 aliphatic rings. The summed E-state index contributed by atoms with van der Waals surface area (Å²) in [5.74, 6) is -0.360. The molecule has 0 bridgehead atoms. The van der Waals surface area contributed by atoms with Crippen LogP contribution in [-0.2, 0) is 14.3 Å². The van der Waals surface area contributed by atoms with E-state index in [0.717, 1.165) is 18.6 Å². The number of nitrogens with zero attached hydrogens (tertiary/aromatic N) is 1. The first kappa shape index (κ1) is 19.6. The topological polar surface area (TPSA) is 92.5 Å². The number of oxime groups is 1. The molecule has 2 saturated heterocycles. The van der Waals surface area contributed by atoms with Crippen molar-refractivity contribution < 1.29 is 24.5 Å². The van der Waals surface area contributed by atoms with Crippen LogP contribution in [0.5, 0.6) is 0 Å². The van der Waals surface area contributed by atoms with E-state index in [0.29, 0.717) is 0 Å². The van der Waals surface area contributed by atoms with Gasteiger partial charge in [0, 0.05) is 36.9 Å². The molecule has 7 nitrogen and oxygen atoms in total. The Morgan fingerprint density at radius 3 is 2.29 bits per heavy atom. The SMILES string of the molecule is COC1OC(CON=C2CC(C)(C)NC(C)(C)C2)C(O)C(C)C1O. The number of nitrogens with one attached hydrogen (secondary N) is 1. The van der Waals surface area contributed by atoms with Crippen LogP contribution in [0.2, 0.25) is 0 Å². The van der Waals surface area contributed by atoms with Gasteiger partial charge in [0.2, 0.25) is 0 Å².